The standard InChI is InChI=1S/C16H23N3O2S/c1-5-11(2)19-15(17-18-16(19)22)9-7-12-6-8-13(20-3)14(10-12)21-4/h6,8,10-11H,5,7,9H2,1-4H3,(H,18,22). The lowest BCUT2D eigenvalue weighted by atomic mass is 10.1. The van der Waals surface area contributed by atoms with Crippen molar-refractivity contribution in [3.05, 3.63) is 34.4 Å². The van der Waals surface area contributed by atoms with Crippen molar-refractivity contribution in [2.45, 2.75) is 39.2 Å². The Morgan fingerprint density at radius 2 is 1.95 bits per heavy atom. The van der Waals surface area contributed by atoms with Crippen molar-refractivity contribution >= 4 is 12.2 Å². The Balaban J connectivity index is 2.15. The van der Waals surface area contributed by atoms with E-state index in [4.69, 9.17) is 21.7 Å². The van der Waals surface area contributed by atoms with Crippen molar-refractivity contribution in [3.63, 3.8) is 0 Å². The van der Waals surface area contributed by atoms with Gasteiger partial charge in [0.1, 0.15) is 5.82 Å². The van der Waals surface area contributed by atoms with Crippen LogP contribution < -0.4 is 9.47 Å². The minimum Gasteiger partial charge on any atom is -0.493 e. The Bertz CT molecular complexity index is 678. The topological polar surface area (TPSA) is 52.1 Å². The van der Waals surface area contributed by atoms with E-state index in [-0.39, 0.29) is 0 Å². The maximum atomic E-state index is 5.34. The molecule has 22 heavy (non-hydrogen) atoms. The van der Waals surface area contributed by atoms with Gasteiger partial charge in [-0.05, 0) is 49.7 Å². The lowest BCUT2D eigenvalue weighted by Gasteiger charge is -2.13. The normalized spacial score (nSPS) is 12.2. The van der Waals surface area contributed by atoms with Crippen LogP contribution in [0.1, 0.15) is 37.7 Å². The molecule has 0 bridgehead atoms. The van der Waals surface area contributed by atoms with Gasteiger partial charge >= 0.3 is 0 Å². The van der Waals surface area contributed by atoms with E-state index in [1.165, 1.54) is 5.56 Å². The van der Waals surface area contributed by atoms with E-state index in [1.54, 1.807) is 14.2 Å². The first-order valence-electron chi connectivity index (χ1n) is 7.47. The molecule has 1 unspecified atom stereocenters. The molecule has 0 fully saturated rings. The van der Waals surface area contributed by atoms with Gasteiger partial charge in [-0.15, -0.1) is 0 Å². The molecule has 0 radical (unpaired) electrons. The van der Waals surface area contributed by atoms with Crippen molar-refractivity contribution in [1.29, 1.82) is 0 Å². The fourth-order valence-electron chi connectivity index (χ4n) is 2.44. The summed E-state index contributed by atoms with van der Waals surface area (Å²) in [5, 5.41) is 7.27. The van der Waals surface area contributed by atoms with Crippen LogP contribution in [0, 0.1) is 4.77 Å². The molecule has 0 spiro atoms. The second kappa shape index (κ2) is 7.45. The number of H-pyrrole nitrogens is 1. The fourth-order valence-corrected chi connectivity index (χ4v) is 2.77. The zero-order chi connectivity index (χ0) is 16.1. The van der Waals surface area contributed by atoms with Crippen molar-refractivity contribution in [3.8, 4) is 11.5 Å². The highest BCUT2D eigenvalue weighted by atomic mass is 32.1. The second-order valence-electron chi connectivity index (χ2n) is 5.26. The minimum atomic E-state index is 0.353. The van der Waals surface area contributed by atoms with Gasteiger partial charge in [0.05, 0.1) is 14.2 Å². The van der Waals surface area contributed by atoms with Crippen LogP contribution in [0.4, 0.5) is 0 Å². The molecule has 1 atom stereocenters. The molecule has 5 nitrogen and oxygen atoms in total. The van der Waals surface area contributed by atoms with Gasteiger partial charge in [0, 0.05) is 12.5 Å². The fraction of sp³-hybridized carbons (Fsp3) is 0.500. The molecule has 0 aliphatic heterocycles. The zero-order valence-electron chi connectivity index (χ0n) is 13.5. The lowest BCUT2D eigenvalue weighted by molar-refractivity contribution is 0.354. The van der Waals surface area contributed by atoms with Gasteiger partial charge in [-0.25, -0.2) is 0 Å². The van der Waals surface area contributed by atoms with E-state index < -0.39 is 0 Å². The molecule has 2 aromatic rings. The Kier molecular flexibility index (Phi) is 5.60. The Hall–Kier alpha value is -1.82. The van der Waals surface area contributed by atoms with E-state index in [9.17, 15) is 0 Å². The van der Waals surface area contributed by atoms with Crippen LogP contribution in [0.2, 0.25) is 0 Å². The number of nitrogens with zero attached hydrogens (tertiary/aromatic N) is 2. The summed E-state index contributed by atoms with van der Waals surface area (Å²) in [6.07, 6.45) is 2.72. The largest absolute Gasteiger partial charge is 0.493 e. The Morgan fingerprint density at radius 1 is 1.23 bits per heavy atom. The Labute approximate surface area is 136 Å². The number of hydrogen-bond acceptors (Lipinski definition) is 4. The number of aryl methyl sites for hydroxylation is 2. The van der Waals surface area contributed by atoms with Crippen LogP contribution >= 0.6 is 12.2 Å². The van der Waals surface area contributed by atoms with Gasteiger partial charge in [-0.1, -0.05) is 13.0 Å². The summed E-state index contributed by atoms with van der Waals surface area (Å²) in [4.78, 5) is 0. The van der Waals surface area contributed by atoms with Crippen LogP contribution in [-0.4, -0.2) is 29.0 Å². The highest BCUT2D eigenvalue weighted by molar-refractivity contribution is 7.71. The van der Waals surface area contributed by atoms with Crippen molar-refractivity contribution in [2.24, 2.45) is 0 Å². The summed E-state index contributed by atoms with van der Waals surface area (Å²) in [7, 11) is 3.29. The third-order valence-corrected chi connectivity index (χ3v) is 4.18. The maximum absolute atomic E-state index is 5.34. The first-order chi connectivity index (χ1) is 10.6. The number of aromatic nitrogens is 3. The van der Waals surface area contributed by atoms with Crippen LogP contribution in [0.15, 0.2) is 18.2 Å². The van der Waals surface area contributed by atoms with Crippen molar-refractivity contribution in [2.75, 3.05) is 14.2 Å². The van der Waals surface area contributed by atoms with E-state index in [0.717, 1.165) is 36.6 Å². The number of nitrogens with one attached hydrogen (secondary N) is 1. The van der Waals surface area contributed by atoms with Gasteiger partial charge in [0.2, 0.25) is 0 Å². The van der Waals surface area contributed by atoms with E-state index in [2.05, 4.69) is 34.7 Å². The van der Waals surface area contributed by atoms with Crippen molar-refractivity contribution in [1.82, 2.24) is 14.8 Å². The third-order valence-electron chi connectivity index (χ3n) is 3.89. The third kappa shape index (κ3) is 3.50. The van der Waals surface area contributed by atoms with Gasteiger partial charge < -0.3 is 14.0 Å². The molecular formula is C16H23N3O2S. The molecular weight excluding hydrogens is 298 g/mol. The average molecular weight is 321 g/mol. The molecule has 1 aromatic heterocycles. The summed E-state index contributed by atoms with van der Waals surface area (Å²) in [6, 6.07) is 6.34. The summed E-state index contributed by atoms with van der Waals surface area (Å²) < 4.78 is 13.4. The maximum Gasteiger partial charge on any atom is 0.195 e. The number of aromatic amines is 1. The summed E-state index contributed by atoms with van der Waals surface area (Å²) in [5.41, 5.74) is 1.18. The predicted molar refractivity (Wildman–Crippen MR) is 89.4 cm³/mol. The summed E-state index contributed by atoms with van der Waals surface area (Å²) in [6.45, 7) is 4.31. The van der Waals surface area contributed by atoms with Gasteiger partial charge in [0.15, 0.2) is 16.3 Å². The molecule has 6 heteroatoms. The molecule has 1 aromatic carbocycles. The predicted octanol–water partition coefficient (Wildman–Crippen LogP) is 3.71. The SMILES string of the molecule is CCC(C)n1c(CCc2ccc(OC)c(OC)c2)n[nH]c1=S. The first-order valence-corrected chi connectivity index (χ1v) is 7.88. The van der Waals surface area contributed by atoms with Crippen LogP contribution in [0.5, 0.6) is 11.5 Å². The van der Waals surface area contributed by atoms with Crippen LogP contribution in [0.25, 0.3) is 0 Å². The van der Waals surface area contributed by atoms with E-state index >= 15 is 0 Å². The average Bonchev–Trinajstić information content (AvgIpc) is 2.92. The zero-order valence-corrected chi connectivity index (χ0v) is 14.4. The number of rotatable bonds is 7. The highest BCUT2D eigenvalue weighted by Crippen LogP contribution is 2.28. The summed E-state index contributed by atoms with van der Waals surface area (Å²) in [5.74, 6) is 2.49. The molecule has 1 N–H and O–H groups in total. The highest BCUT2D eigenvalue weighted by Gasteiger charge is 2.12. The lowest BCUT2D eigenvalue weighted by Crippen LogP contribution is -2.10. The number of benzene rings is 1. The smallest absolute Gasteiger partial charge is 0.195 e. The summed E-state index contributed by atoms with van der Waals surface area (Å²) >= 11 is 5.33. The van der Waals surface area contributed by atoms with Crippen LogP contribution in [-0.2, 0) is 12.8 Å². The molecule has 2 rings (SSSR count). The molecule has 0 saturated carbocycles. The molecule has 1 heterocycles. The molecule has 0 amide bonds. The second-order valence-corrected chi connectivity index (χ2v) is 5.65. The van der Waals surface area contributed by atoms with E-state index in [0.29, 0.717) is 10.8 Å². The quantitative estimate of drug-likeness (QED) is 0.790. The monoisotopic (exact) mass is 321 g/mol. The number of ether oxygens (including phenoxy) is 2. The number of hydrogen-bond donors (Lipinski definition) is 1. The molecule has 0 aliphatic carbocycles. The minimum absolute atomic E-state index is 0.353. The van der Waals surface area contributed by atoms with Gasteiger partial charge in [-0.2, -0.15) is 5.10 Å². The van der Waals surface area contributed by atoms with Crippen molar-refractivity contribution < 1.29 is 9.47 Å². The van der Waals surface area contributed by atoms with Crippen LogP contribution in [0.3, 0.4) is 0 Å². The van der Waals surface area contributed by atoms with E-state index in [1.807, 2.05) is 12.1 Å². The molecule has 0 saturated heterocycles. The van der Waals surface area contributed by atoms with Gasteiger partial charge in [0.25, 0.3) is 0 Å². The molecule has 0 aliphatic rings. The molecule has 120 valence electrons. The first kappa shape index (κ1) is 16.5. The Morgan fingerprint density at radius 3 is 2.59 bits per heavy atom. The number of methoxy groups -OCH3 is 2. The van der Waals surface area contributed by atoms with Gasteiger partial charge in [-0.3, -0.25) is 5.10 Å².